The van der Waals surface area contributed by atoms with Gasteiger partial charge >= 0.3 is 12.4 Å². The fourth-order valence-electron chi connectivity index (χ4n) is 1.78. The number of alkyl halides is 12. The van der Waals surface area contributed by atoms with Crippen LogP contribution < -0.4 is 0 Å². The van der Waals surface area contributed by atoms with E-state index in [-0.39, 0.29) is 24.3 Å². The molecule has 0 N–H and O–H groups in total. The predicted molar refractivity (Wildman–Crippen MR) is 56.1 cm³/mol. The molecule has 0 fully saturated rings. The lowest BCUT2D eigenvalue weighted by atomic mass is 9.90. The molecular formula is C12H6F12. The van der Waals surface area contributed by atoms with Gasteiger partial charge < -0.3 is 0 Å². The minimum Gasteiger partial charge on any atom is -0.222 e. The Hall–Kier alpha value is -1.62. The molecule has 0 radical (unpaired) electrons. The molecule has 0 heterocycles. The van der Waals surface area contributed by atoms with Gasteiger partial charge in [-0.2, -0.15) is 26.3 Å². The van der Waals surface area contributed by atoms with Gasteiger partial charge in [0.05, 0.1) is 0 Å². The zero-order valence-corrected chi connectivity index (χ0v) is 11.0. The lowest BCUT2D eigenvalue weighted by molar-refractivity contribution is -0.276. The molecule has 1 rings (SSSR count). The van der Waals surface area contributed by atoms with Crippen molar-refractivity contribution in [2.75, 3.05) is 0 Å². The van der Waals surface area contributed by atoms with Crippen molar-refractivity contribution in [3.63, 3.8) is 0 Å². The number of halogens is 12. The molecule has 12 heteroatoms. The van der Waals surface area contributed by atoms with Crippen LogP contribution in [0.4, 0.5) is 52.7 Å². The first-order valence-corrected chi connectivity index (χ1v) is 5.78. The van der Waals surface area contributed by atoms with E-state index in [1.165, 1.54) is 0 Å². The van der Waals surface area contributed by atoms with Crippen LogP contribution >= 0.6 is 0 Å². The van der Waals surface area contributed by atoms with E-state index in [0.29, 0.717) is 0 Å². The zero-order chi connectivity index (χ0) is 19.1. The predicted octanol–water partition coefficient (Wildman–Crippen LogP) is 5.67. The highest BCUT2D eigenvalue weighted by Gasteiger charge is 2.65. The van der Waals surface area contributed by atoms with E-state index < -0.39 is 47.7 Å². The molecule has 0 amide bonds. The van der Waals surface area contributed by atoms with Gasteiger partial charge in [0.15, 0.2) is 0 Å². The van der Waals surface area contributed by atoms with Gasteiger partial charge in [-0.15, -0.1) is 0 Å². The second-order valence-electron chi connectivity index (χ2n) is 4.60. The zero-order valence-electron chi connectivity index (χ0n) is 11.0. The van der Waals surface area contributed by atoms with Gasteiger partial charge in [-0.05, 0) is 0 Å². The number of benzene rings is 1. The van der Waals surface area contributed by atoms with Crippen molar-refractivity contribution in [1.29, 1.82) is 0 Å². The van der Waals surface area contributed by atoms with Gasteiger partial charge in [0.1, 0.15) is 0 Å². The third kappa shape index (κ3) is 3.02. The standard InChI is InChI=1S/C12H6F12/c13-7(14)9(17,11(19,20)21)5-1-2-6(4-3-5)10(18,8(15)16)12(22,23)24/h1-4,7-8H. The van der Waals surface area contributed by atoms with Crippen LogP contribution in [0.3, 0.4) is 0 Å². The van der Waals surface area contributed by atoms with Crippen molar-refractivity contribution in [2.24, 2.45) is 0 Å². The van der Waals surface area contributed by atoms with E-state index in [9.17, 15) is 52.7 Å². The summed E-state index contributed by atoms with van der Waals surface area (Å²) in [6.07, 6.45) is -21.6. The Bertz CT molecular complexity index is 506. The third-order valence-corrected chi connectivity index (χ3v) is 3.15. The molecule has 0 saturated carbocycles. The summed E-state index contributed by atoms with van der Waals surface area (Å²) in [6, 6.07) is -1.01. The van der Waals surface area contributed by atoms with Crippen LogP contribution in [0, 0.1) is 0 Å². The molecule has 0 aliphatic carbocycles. The fourth-order valence-corrected chi connectivity index (χ4v) is 1.78. The Labute approximate surface area is 126 Å². The molecule has 0 spiro atoms. The molecule has 24 heavy (non-hydrogen) atoms. The maximum Gasteiger partial charge on any atom is 0.432 e. The van der Waals surface area contributed by atoms with Crippen LogP contribution in [0.1, 0.15) is 11.1 Å². The summed E-state index contributed by atoms with van der Waals surface area (Å²) in [5, 5.41) is 0. The lowest BCUT2D eigenvalue weighted by Crippen LogP contribution is -2.45. The van der Waals surface area contributed by atoms with Crippen LogP contribution in [0.25, 0.3) is 0 Å². The van der Waals surface area contributed by atoms with Crippen molar-refractivity contribution in [1.82, 2.24) is 0 Å². The normalized spacial score (nSPS) is 18.6. The van der Waals surface area contributed by atoms with Crippen molar-refractivity contribution in [3.8, 4) is 0 Å². The molecule has 0 bridgehead atoms. The van der Waals surface area contributed by atoms with Crippen molar-refractivity contribution in [2.45, 2.75) is 36.5 Å². The number of hydrogen-bond acceptors (Lipinski definition) is 0. The summed E-state index contributed by atoms with van der Waals surface area (Å²) in [4.78, 5) is 0. The highest BCUT2D eigenvalue weighted by atomic mass is 19.4. The molecule has 0 aliphatic rings. The summed E-state index contributed by atoms with van der Waals surface area (Å²) in [7, 11) is 0. The Morgan fingerprint density at radius 1 is 0.500 bits per heavy atom. The highest BCUT2D eigenvalue weighted by Crippen LogP contribution is 2.49. The smallest absolute Gasteiger partial charge is 0.222 e. The first kappa shape index (κ1) is 20.4. The van der Waals surface area contributed by atoms with E-state index >= 15 is 0 Å². The molecule has 138 valence electrons. The molecule has 0 aliphatic heterocycles. The van der Waals surface area contributed by atoms with Gasteiger partial charge in [-0.25, -0.2) is 26.3 Å². The largest absolute Gasteiger partial charge is 0.432 e. The molecular weight excluding hydrogens is 372 g/mol. The van der Waals surface area contributed by atoms with Crippen LogP contribution in [-0.4, -0.2) is 25.2 Å². The van der Waals surface area contributed by atoms with Gasteiger partial charge in [0.2, 0.25) is 0 Å². The number of hydrogen-bond donors (Lipinski definition) is 0. The minimum absolute atomic E-state index is 0.253. The molecule has 1 aromatic carbocycles. The van der Waals surface area contributed by atoms with Crippen LogP contribution in [0.5, 0.6) is 0 Å². The molecule has 0 aromatic heterocycles. The number of rotatable bonds is 4. The van der Waals surface area contributed by atoms with Gasteiger partial charge in [-0.1, -0.05) is 24.3 Å². The summed E-state index contributed by atoms with van der Waals surface area (Å²) in [6.45, 7) is 0. The van der Waals surface area contributed by atoms with Gasteiger partial charge in [0, 0.05) is 11.1 Å². The Kier molecular flexibility index (Phi) is 5.13. The van der Waals surface area contributed by atoms with Crippen LogP contribution in [0.15, 0.2) is 24.3 Å². The van der Waals surface area contributed by atoms with E-state index in [4.69, 9.17) is 0 Å². The van der Waals surface area contributed by atoms with Crippen LogP contribution in [0.2, 0.25) is 0 Å². The summed E-state index contributed by atoms with van der Waals surface area (Å²) in [5.41, 5.74) is -14.2. The van der Waals surface area contributed by atoms with E-state index in [1.54, 1.807) is 0 Å². The first-order chi connectivity index (χ1) is 10.6. The fraction of sp³-hybridized carbons (Fsp3) is 0.500. The molecule has 2 unspecified atom stereocenters. The Morgan fingerprint density at radius 2 is 0.708 bits per heavy atom. The lowest BCUT2D eigenvalue weighted by Gasteiger charge is -2.30. The van der Waals surface area contributed by atoms with E-state index in [0.717, 1.165) is 0 Å². The Morgan fingerprint density at radius 3 is 0.833 bits per heavy atom. The summed E-state index contributed by atoms with van der Waals surface area (Å²) < 4.78 is 152. The quantitative estimate of drug-likeness (QED) is 0.593. The van der Waals surface area contributed by atoms with Crippen LogP contribution in [-0.2, 0) is 11.3 Å². The van der Waals surface area contributed by atoms with Gasteiger partial charge in [-0.3, -0.25) is 0 Å². The molecule has 1 aromatic rings. The highest BCUT2D eigenvalue weighted by molar-refractivity contribution is 5.33. The maximum atomic E-state index is 13.6. The minimum atomic E-state index is -6.15. The summed E-state index contributed by atoms with van der Waals surface area (Å²) >= 11 is 0. The topological polar surface area (TPSA) is 0 Å². The van der Waals surface area contributed by atoms with Gasteiger partial charge in [0.25, 0.3) is 24.2 Å². The van der Waals surface area contributed by atoms with E-state index in [1.807, 2.05) is 0 Å². The van der Waals surface area contributed by atoms with E-state index in [2.05, 4.69) is 0 Å². The first-order valence-electron chi connectivity index (χ1n) is 5.78. The van der Waals surface area contributed by atoms with Crippen molar-refractivity contribution in [3.05, 3.63) is 35.4 Å². The van der Waals surface area contributed by atoms with Crippen molar-refractivity contribution < 1.29 is 52.7 Å². The molecule has 0 nitrogen and oxygen atoms in total. The average molecular weight is 378 g/mol. The maximum absolute atomic E-state index is 13.6. The monoisotopic (exact) mass is 378 g/mol. The second kappa shape index (κ2) is 6.03. The Balaban J connectivity index is 3.45. The SMILES string of the molecule is FC(F)C(F)(c1ccc(C(F)(C(F)F)C(F)(F)F)cc1)C(F)(F)F. The second-order valence-corrected chi connectivity index (χ2v) is 4.60. The third-order valence-electron chi connectivity index (χ3n) is 3.15. The summed E-state index contributed by atoms with van der Waals surface area (Å²) in [5.74, 6) is 0. The molecule has 0 saturated heterocycles. The molecule has 2 atom stereocenters. The van der Waals surface area contributed by atoms with Crippen molar-refractivity contribution >= 4 is 0 Å². The average Bonchev–Trinajstić information content (AvgIpc) is 2.42.